The first kappa shape index (κ1) is 23.9. The zero-order valence-electron chi connectivity index (χ0n) is 18.9. The van der Waals surface area contributed by atoms with Gasteiger partial charge in [-0.1, -0.05) is 11.3 Å². The maximum Gasteiger partial charge on any atom is 0.321 e. The van der Waals surface area contributed by atoms with Gasteiger partial charge in [-0.3, -0.25) is 14.5 Å². The van der Waals surface area contributed by atoms with E-state index < -0.39 is 16.9 Å². The fraction of sp³-hybridized carbons (Fsp3) is 0.261. The van der Waals surface area contributed by atoms with E-state index in [1.807, 2.05) is 31.2 Å². The van der Waals surface area contributed by atoms with Crippen molar-refractivity contribution in [1.29, 1.82) is 0 Å². The molecular formula is C23H24N6O3S2. The molecule has 11 heteroatoms. The maximum atomic E-state index is 12.0. The molecule has 4 aromatic rings. The van der Waals surface area contributed by atoms with Crippen LogP contribution in [0.1, 0.15) is 31.3 Å². The Bertz CT molecular complexity index is 1350. The first-order chi connectivity index (χ1) is 16.3. The Labute approximate surface area is 203 Å². The summed E-state index contributed by atoms with van der Waals surface area (Å²) in [5.41, 5.74) is 4.72. The molecule has 1 aromatic carbocycles. The molecule has 3 heterocycles. The van der Waals surface area contributed by atoms with E-state index in [-0.39, 0.29) is 6.03 Å². The lowest BCUT2D eigenvalue weighted by Crippen LogP contribution is -2.28. The van der Waals surface area contributed by atoms with Crippen molar-refractivity contribution in [3.8, 4) is 22.4 Å². The van der Waals surface area contributed by atoms with E-state index in [0.29, 0.717) is 34.5 Å². The van der Waals surface area contributed by atoms with Crippen LogP contribution in [-0.4, -0.2) is 48.1 Å². The molecule has 0 aliphatic heterocycles. The van der Waals surface area contributed by atoms with Gasteiger partial charge in [-0.25, -0.2) is 19.7 Å². The van der Waals surface area contributed by atoms with Crippen molar-refractivity contribution in [2.75, 3.05) is 18.1 Å². The monoisotopic (exact) mass is 496 g/mol. The number of urea groups is 1. The van der Waals surface area contributed by atoms with Crippen LogP contribution in [-0.2, 0) is 16.6 Å². The topological polar surface area (TPSA) is 130 Å². The second-order valence-electron chi connectivity index (χ2n) is 7.65. The number of thiazole rings is 1. The predicted octanol–water partition coefficient (Wildman–Crippen LogP) is 3.89. The fourth-order valence-electron chi connectivity index (χ4n) is 3.39. The molecule has 2 atom stereocenters. The van der Waals surface area contributed by atoms with E-state index in [9.17, 15) is 14.1 Å². The number of hydrogen-bond donors (Lipinski definition) is 3. The van der Waals surface area contributed by atoms with Crippen molar-refractivity contribution in [3.05, 3.63) is 54.2 Å². The van der Waals surface area contributed by atoms with Crippen molar-refractivity contribution >= 4 is 43.5 Å². The van der Waals surface area contributed by atoms with E-state index in [4.69, 9.17) is 0 Å². The van der Waals surface area contributed by atoms with Gasteiger partial charge >= 0.3 is 6.03 Å². The Balaban J connectivity index is 1.84. The van der Waals surface area contributed by atoms with Crippen LogP contribution < -0.4 is 10.6 Å². The van der Waals surface area contributed by atoms with Crippen molar-refractivity contribution in [2.24, 2.45) is 0 Å². The van der Waals surface area contributed by atoms with Crippen LogP contribution >= 0.6 is 11.3 Å². The van der Waals surface area contributed by atoms with Crippen molar-refractivity contribution < 1.29 is 14.1 Å². The second-order valence-corrected chi connectivity index (χ2v) is 10.1. The third-order valence-electron chi connectivity index (χ3n) is 4.90. The summed E-state index contributed by atoms with van der Waals surface area (Å²) < 4.78 is 12.6. The van der Waals surface area contributed by atoms with Crippen LogP contribution in [0, 0.1) is 0 Å². The normalized spacial score (nSPS) is 12.9. The van der Waals surface area contributed by atoms with E-state index in [1.165, 1.54) is 11.3 Å². The van der Waals surface area contributed by atoms with Gasteiger partial charge in [0.25, 0.3) is 0 Å². The van der Waals surface area contributed by atoms with E-state index >= 15 is 0 Å². The van der Waals surface area contributed by atoms with Crippen LogP contribution in [0.4, 0.5) is 9.93 Å². The number of carbonyl (C=O) groups is 1. The fourth-order valence-corrected chi connectivity index (χ4v) is 5.01. The number of hydrogen-bond acceptors (Lipinski definition) is 8. The van der Waals surface area contributed by atoms with Crippen molar-refractivity contribution in [3.63, 3.8) is 0 Å². The number of anilines is 1. The molecule has 176 valence electrons. The quantitative estimate of drug-likeness (QED) is 0.354. The van der Waals surface area contributed by atoms with Gasteiger partial charge in [0.2, 0.25) is 0 Å². The number of nitrogens with zero attached hydrogens (tertiary/aromatic N) is 4. The molecule has 2 unspecified atom stereocenters. The average molecular weight is 497 g/mol. The molecule has 4 rings (SSSR count). The molecule has 0 saturated carbocycles. The summed E-state index contributed by atoms with van der Waals surface area (Å²) >= 11 is 1.36. The highest BCUT2D eigenvalue weighted by Crippen LogP contribution is 2.38. The van der Waals surface area contributed by atoms with Crippen LogP contribution in [0.5, 0.6) is 0 Å². The van der Waals surface area contributed by atoms with Gasteiger partial charge in [0.15, 0.2) is 11.0 Å². The predicted molar refractivity (Wildman–Crippen MR) is 135 cm³/mol. The number of rotatable bonds is 7. The Hall–Kier alpha value is -3.28. The summed E-state index contributed by atoms with van der Waals surface area (Å²) in [4.78, 5) is 29.7. The molecule has 0 aliphatic carbocycles. The number of aliphatic hydroxyl groups is 1. The number of pyridine rings is 1. The number of amides is 2. The highest BCUT2D eigenvalue weighted by atomic mass is 32.2. The Morgan fingerprint density at radius 3 is 2.62 bits per heavy atom. The van der Waals surface area contributed by atoms with Crippen molar-refractivity contribution in [1.82, 2.24) is 25.3 Å². The van der Waals surface area contributed by atoms with Crippen LogP contribution in [0.2, 0.25) is 0 Å². The largest absolute Gasteiger partial charge is 0.385 e. The minimum Gasteiger partial charge on any atom is -0.385 e. The summed E-state index contributed by atoms with van der Waals surface area (Å²) in [5, 5.41) is 15.7. The highest BCUT2D eigenvalue weighted by Gasteiger charge is 2.16. The molecule has 3 aromatic heterocycles. The minimum atomic E-state index is -0.982. The van der Waals surface area contributed by atoms with E-state index in [0.717, 1.165) is 27.0 Å². The van der Waals surface area contributed by atoms with E-state index in [1.54, 1.807) is 31.8 Å². The number of nitrogens with one attached hydrogen (secondary N) is 2. The molecular weight excluding hydrogens is 472 g/mol. The number of aliphatic hydroxyl groups excluding tert-OH is 1. The number of benzene rings is 1. The lowest BCUT2D eigenvalue weighted by molar-refractivity contribution is 0.189. The first-order valence-electron chi connectivity index (χ1n) is 10.6. The zero-order valence-corrected chi connectivity index (χ0v) is 20.5. The molecule has 0 aliphatic rings. The lowest BCUT2D eigenvalue weighted by Gasteiger charge is -2.09. The van der Waals surface area contributed by atoms with Gasteiger partial charge in [0, 0.05) is 59.1 Å². The molecule has 0 bridgehead atoms. The molecule has 34 heavy (non-hydrogen) atoms. The summed E-state index contributed by atoms with van der Waals surface area (Å²) in [6, 6.07) is 7.33. The van der Waals surface area contributed by atoms with Gasteiger partial charge < -0.3 is 10.4 Å². The summed E-state index contributed by atoms with van der Waals surface area (Å²) in [6.45, 7) is 3.96. The molecule has 3 N–H and O–H groups in total. The van der Waals surface area contributed by atoms with Crippen LogP contribution in [0.25, 0.3) is 32.6 Å². The molecule has 2 amide bonds. The van der Waals surface area contributed by atoms with Gasteiger partial charge in [-0.05, 0) is 49.2 Å². The Morgan fingerprint density at radius 1 is 1.18 bits per heavy atom. The molecule has 0 fully saturated rings. The highest BCUT2D eigenvalue weighted by molar-refractivity contribution is 7.83. The lowest BCUT2D eigenvalue weighted by atomic mass is 10.0. The second kappa shape index (κ2) is 10.3. The molecule has 0 radical (unpaired) electrons. The third kappa shape index (κ3) is 5.44. The summed E-state index contributed by atoms with van der Waals surface area (Å²) in [5.74, 6) is 0.772. The van der Waals surface area contributed by atoms with Crippen LogP contribution in [0.3, 0.4) is 0 Å². The van der Waals surface area contributed by atoms with Crippen LogP contribution in [0.15, 0.2) is 42.9 Å². The standard InChI is InChI=1S/C23H24N6O3S2/c1-4-24-22(31)29-23-28-19-9-15(16-10-26-21(13(2)30)27-11-16)8-17(20(19)33-23)18-7-14(5-6-25-18)12-34(3)32/h5-11,13,30H,4,12H2,1-3H3,(H2,24,28,29,31). The molecule has 0 saturated heterocycles. The average Bonchev–Trinajstić information content (AvgIpc) is 3.20. The Morgan fingerprint density at radius 2 is 1.94 bits per heavy atom. The molecule has 9 nitrogen and oxygen atoms in total. The SMILES string of the molecule is CCNC(=O)Nc1nc2cc(-c3cnc(C(C)O)nc3)cc(-c3cc(CS(C)=O)ccn3)c2s1. The smallest absolute Gasteiger partial charge is 0.321 e. The summed E-state index contributed by atoms with van der Waals surface area (Å²) in [7, 11) is -0.982. The Kier molecular flexibility index (Phi) is 7.25. The first-order valence-corrected chi connectivity index (χ1v) is 13.1. The summed E-state index contributed by atoms with van der Waals surface area (Å²) in [6.07, 6.45) is 5.92. The zero-order chi connectivity index (χ0) is 24.2. The number of fused-ring (bicyclic) bond motifs is 1. The van der Waals surface area contributed by atoms with Gasteiger partial charge in [-0.15, -0.1) is 0 Å². The van der Waals surface area contributed by atoms with E-state index in [2.05, 4.69) is 30.6 Å². The van der Waals surface area contributed by atoms with Gasteiger partial charge in [0.05, 0.1) is 15.9 Å². The third-order valence-corrected chi connectivity index (χ3v) is 6.66. The van der Waals surface area contributed by atoms with Gasteiger partial charge in [-0.2, -0.15) is 0 Å². The maximum absolute atomic E-state index is 12.0. The van der Waals surface area contributed by atoms with Crippen molar-refractivity contribution in [2.45, 2.75) is 25.7 Å². The number of carbonyl (C=O) groups excluding carboxylic acids is 1. The van der Waals surface area contributed by atoms with Gasteiger partial charge in [0.1, 0.15) is 6.10 Å². The molecule has 0 spiro atoms. The minimum absolute atomic E-state index is 0.323. The number of aromatic nitrogens is 4.